The van der Waals surface area contributed by atoms with Crippen LogP contribution in [0.4, 0.5) is 0 Å². The van der Waals surface area contributed by atoms with E-state index in [4.69, 9.17) is 14.0 Å². The number of halogens is 2. The fourth-order valence-electron chi connectivity index (χ4n) is 1.67. The van der Waals surface area contributed by atoms with Gasteiger partial charge >= 0.3 is 11.9 Å². The van der Waals surface area contributed by atoms with E-state index in [-0.39, 0.29) is 10.6 Å². The number of hydrogen-bond donors (Lipinski definition) is 1. The van der Waals surface area contributed by atoms with Crippen LogP contribution in [-0.4, -0.2) is 31.5 Å². The molecule has 0 aliphatic carbocycles. The Balaban J connectivity index is 1.92. The molecule has 2 aromatic carbocycles. The number of carbonyl (C=O) groups is 2. The summed E-state index contributed by atoms with van der Waals surface area (Å²) < 4.78 is 42.4. The first-order valence-corrected chi connectivity index (χ1v) is 10.2. The van der Waals surface area contributed by atoms with Gasteiger partial charge in [0.1, 0.15) is 5.75 Å². The Hall–Kier alpha value is -1.25. The summed E-state index contributed by atoms with van der Waals surface area (Å²) in [4.78, 5) is 23.2. The van der Waals surface area contributed by atoms with Gasteiger partial charge < -0.3 is 9.47 Å². The van der Waals surface area contributed by atoms with E-state index >= 15 is 0 Å². The number of carbonyl (C=O) groups excluding carboxylic acids is 2. The molecule has 0 fully saturated rings. The zero-order valence-corrected chi connectivity index (χ0v) is 17.4. The quantitative estimate of drug-likeness (QED) is 0.248. The molecule has 2 rings (SSSR count). The van der Waals surface area contributed by atoms with E-state index in [0.29, 0.717) is 5.56 Å². The summed E-state index contributed by atoms with van der Waals surface area (Å²) in [6, 6.07) is 9.55. The molecule has 0 unspecified atom stereocenters. The van der Waals surface area contributed by atoms with Crippen molar-refractivity contribution in [3.8, 4) is 5.75 Å². The predicted molar refractivity (Wildman–Crippen MR) is 104 cm³/mol. The summed E-state index contributed by atoms with van der Waals surface area (Å²) in [7, 11) is -4.32. The Labute approximate surface area is 170 Å². The first kappa shape index (κ1) is 20.1. The molecule has 0 aliphatic rings. The van der Waals surface area contributed by atoms with Crippen molar-refractivity contribution in [1.29, 1.82) is 0 Å². The molecule has 0 saturated heterocycles. The summed E-state index contributed by atoms with van der Waals surface area (Å²) in [5, 5.41) is 0. The van der Waals surface area contributed by atoms with E-state index in [1.165, 1.54) is 12.1 Å². The van der Waals surface area contributed by atoms with Gasteiger partial charge in [0, 0.05) is 7.14 Å². The van der Waals surface area contributed by atoms with Gasteiger partial charge in [0.25, 0.3) is 10.1 Å². The smallest absolute Gasteiger partial charge is 0.349 e. The van der Waals surface area contributed by atoms with Crippen molar-refractivity contribution in [1.82, 2.24) is 0 Å². The number of hydrogen-bond acceptors (Lipinski definition) is 6. The number of benzene rings is 2. The largest absolute Gasteiger partial charge is 0.450 e. The van der Waals surface area contributed by atoms with Crippen molar-refractivity contribution < 1.29 is 32.0 Å². The average molecular weight is 588 g/mol. The molecule has 0 amide bonds. The molecule has 1 N–H and O–H groups in total. The molecule has 0 aliphatic heterocycles. The molecule has 0 atom stereocenters. The van der Waals surface area contributed by atoms with Crippen molar-refractivity contribution in [3.63, 3.8) is 0 Å². The molecule has 10 heteroatoms. The van der Waals surface area contributed by atoms with Crippen LogP contribution in [0.2, 0.25) is 0 Å². The average Bonchev–Trinajstić information content (AvgIpc) is 2.55. The van der Waals surface area contributed by atoms with Crippen molar-refractivity contribution in [2.75, 3.05) is 6.61 Å². The second-order valence-corrected chi connectivity index (χ2v) is 8.37. The topological polar surface area (TPSA) is 107 Å². The minimum Gasteiger partial charge on any atom is -0.450 e. The fourth-order valence-corrected chi connectivity index (χ4v) is 3.00. The minimum atomic E-state index is -4.32. The first-order chi connectivity index (χ1) is 11.7. The Morgan fingerprint density at radius 3 is 2.20 bits per heavy atom. The van der Waals surface area contributed by atoms with E-state index in [0.717, 1.165) is 19.3 Å². The van der Waals surface area contributed by atoms with Gasteiger partial charge in [-0.15, -0.1) is 0 Å². The molecule has 0 heterocycles. The van der Waals surface area contributed by atoms with Crippen LogP contribution in [0.3, 0.4) is 0 Å². The van der Waals surface area contributed by atoms with Gasteiger partial charge in [-0.25, -0.2) is 9.59 Å². The van der Waals surface area contributed by atoms with E-state index in [1.54, 1.807) is 18.2 Å². The van der Waals surface area contributed by atoms with Crippen molar-refractivity contribution in [2.45, 2.75) is 4.90 Å². The molecule has 25 heavy (non-hydrogen) atoms. The summed E-state index contributed by atoms with van der Waals surface area (Å²) in [6.07, 6.45) is 0. The maximum absolute atomic E-state index is 11.9. The summed E-state index contributed by atoms with van der Waals surface area (Å²) >= 11 is 4.21. The molecule has 2 aromatic rings. The lowest BCUT2D eigenvalue weighted by Crippen LogP contribution is -2.19. The third kappa shape index (κ3) is 5.90. The Morgan fingerprint density at radius 1 is 1.00 bits per heavy atom. The Bertz CT molecular complexity index is 908. The number of ether oxygens (including phenoxy) is 2. The van der Waals surface area contributed by atoms with Crippen LogP contribution in [-0.2, 0) is 19.6 Å². The maximum Gasteiger partial charge on any atom is 0.349 e. The standard InChI is InChI=1S/C15H10I2O7S/c16-12-6-1-9(7-13(12)17)15(19)23-8-14(18)24-10-2-4-11(5-3-10)25(20,21)22/h1-7H,8H2,(H,20,21,22). The molecular weight excluding hydrogens is 578 g/mol. The molecule has 0 spiro atoms. The van der Waals surface area contributed by atoms with Crippen LogP contribution in [0, 0.1) is 7.14 Å². The van der Waals surface area contributed by atoms with Gasteiger partial charge in [-0.2, -0.15) is 8.42 Å². The number of rotatable bonds is 5. The van der Waals surface area contributed by atoms with Gasteiger partial charge in [-0.1, -0.05) is 0 Å². The summed E-state index contributed by atoms with van der Waals surface area (Å²) in [5.41, 5.74) is 0.315. The Kier molecular flexibility index (Phi) is 6.76. The predicted octanol–water partition coefficient (Wildman–Crippen LogP) is 2.90. The van der Waals surface area contributed by atoms with E-state index in [9.17, 15) is 18.0 Å². The first-order valence-electron chi connectivity index (χ1n) is 6.57. The highest BCUT2D eigenvalue weighted by atomic mass is 127. The second-order valence-electron chi connectivity index (χ2n) is 4.63. The van der Waals surface area contributed by atoms with Gasteiger partial charge in [0.15, 0.2) is 6.61 Å². The lowest BCUT2D eigenvalue weighted by atomic mass is 10.2. The van der Waals surface area contributed by atoms with Gasteiger partial charge in [-0.05, 0) is 87.6 Å². The monoisotopic (exact) mass is 588 g/mol. The molecule has 0 saturated carbocycles. The minimum absolute atomic E-state index is 0.0530. The highest BCUT2D eigenvalue weighted by molar-refractivity contribution is 14.1. The lowest BCUT2D eigenvalue weighted by molar-refractivity contribution is -0.137. The molecule has 7 nitrogen and oxygen atoms in total. The van der Waals surface area contributed by atoms with Crippen LogP contribution in [0.1, 0.15) is 10.4 Å². The lowest BCUT2D eigenvalue weighted by Gasteiger charge is -2.07. The summed E-state index contributed by atoms with van der Waals surface area (Å²) in [6.45, 7) is -0.596. The van der Waals surface area contributed by atoms with Gasteiger partial charge in [0.2, 0.25) is 0 Å². The van der Waals surface area contributed by atoms with E-state index in [1.807, 2.05) is 0 Å². The maximum atomic E-state index is 11.9. The molecular formula is C15H10I2O7S. The molecule has 0 radical (unpaired) electrons. The number of esters is 2. The zero-order chi connectivity index (χ0) is 18.6. The molecule has 0 bridgehead atoms. The van der Waals surface area contributed by atoms with Crippen LogP contribution in [0.25, 0.3) is 0 Å². The second kappa shape index (κ2) is 8.42. The highest BCUT2D eigenvalue weighted by Gasteiger charge is 2.14. The van der Waals surface area contributed by atoms with Crippen LogP contribution in [0.15, 0.2) is 47.4 Å². The Morgan fingerprint density at radius 2 is 1.64 bits per heavy atom. The van der Waals surface area contributed by atoms with Crippen LogP contribution >= 0.6 is 45.2 Å². The van der Waals surface area contributed by atoms with Gasteiger partial charge in [0.05, 0.1) is 10.5 Å². The van der Waals surface area contributed by atoms with Crippen molar-refractivity contribution in [2.24, 2.45) is 0 Å². The molecule has 0 aromatic heterocycles. The fraction of sp³-hybridized carbons (Fsp3) is 0.0667. The zero-order valence-electron chi connectivity index (χ0n) is 12.3. The third-order valence-electron chi connectivity index (χ3n) is 2.83. The van der Waals surface area contributed by atoms with Crippen LogP contribution in [0.5, 0.6) is 5.75 Å². The SMILES string of the molecule is O=C(COC(=O)c1ccc(I)c(I)c1)Oc1ccc(S(=O)(=O)O)cc1. The van der Waals surface area contributed by atoms with Crippen LogP contribution < -0.4 is 4.74 Å². The van der Waals surface area contributed by atoms with Gasteiger partial charge in [-0.3, -0.25) is 4.55 Å². The third-order valence-corrected chi connectivity index (χ3v) is 6.56. The normalized spacial score (nSPS) is 11.0. The van der Waals surface area contributed by atoms with Crippen molar-refractivity contribution >= 4 is 67.2 Å². The summed E-state index contributed by atoms with van der Waals surface area (Å²) in [5.74, 6) is -1.43. The highest BCUT2D eigenvalue weighted by Crippen LogP contribution is 2.18. The van der Waals surface area contributed by atoms with E-state index < -0.39 is 28.7 Å². The van der Waals surface area contributed by atoms with E-state index in [2.05, 4.69) is 45.2 Å². The van der Waals surface area contributed by atoms with Crippen molar-refractivity contribution in [3.05, 3.63) is 55.2 Å². The molecule has 132 valence electrons.